The first kappa shape index (κ1) is 19.2. The number of allylic oxidation sites excluding steroid dienone is 3. The van der Waals surface area contributed by atoms with Crippen molar-refractivity contribution >= 4 is 11.8 Å². The van der Waals surface area contributed by atoms with Crippen molar-refractivity contribution < 1.29 is 24.2 Å². The van der Waals surface area contributed by atoms with Crippen molar-refractivity contribution in [3.63, 3.8) is 0 Å². The Morgan fingerprint density at radius 1 is 1.22 bits per heavy atom. The number of rotatable bonds is 3. The second-order valence-corrected chi connectivity index (χ2v) is 8.18. The summed E-state index contributed by atoms with van der Waals surface area (Å²) in [5.41, 5.74) is 3.77. The Morgan fingerprint density at radius 2 is 1.93 bits per heavy atom. The lowest BCUT2D eigenvalue weighted by Crippen LogP contribution is -2.33. The van der Waals surface area contributed by atoms with Gasteiger partial charge in [-0.15, -0.1) is 0 Å². The van der Waals surface area contributed by atoms with Gasteiger partial charge in [0.1, 0.15) is 0 Å². The Kier molecular flexibility index (Phi) is 4.89. The van der Waals surface area contributed by atoms with Gasteiger partial charge in [-0.1, -0.05) is 31.1 Å². The van der Waals surface area contributed by atoms with Crippen LogP contribution in [0.3, 0.4) is 0 Å². The maximum atomic E-state index is 13.1. The van der Waals surface area contributed by atoms with E-state index in [4.69, 9.17) is 9.47 Å². The maximum absolute atomic E-state index is 13.1. The summed E-state index contributed by atoms with van der Waals surface area (Å²) < 4.78 is 10.2. The number of esters is 1. The number of phenolic OH excluding ortho intramolecular Hbond substituents is 1. The molecule has 0 heterocycles. The van der Waals surface area contributed by atoms with E-state index < -0.39 is 11.9 Å². The molecule has 0 unspecified atom stereocenters. The van der Waals surface area contributed by atoms with Gasteiger partial charge in [0.25, 0.3) is 0 Å². The van der Waals surface area contributed by atoms with Crippen molar-refractivity contribution in [1.82, 2.24) is 0 Å². The Morgan fingerprint density at radius 3 is 2.52 bits per heavy atom. The highest BCUT2D eigenvalue weighted by Gasteiger charge is 2.42. The van der Waals surface area contributed by atoms with Gasteiger partial charge in [-0.25, -0.2) is 4.79 Å². The van der Waals surface area contributed by atoms with Gasteiger partial charge in [-0.3, -0.25) is 4.79 Å². The zero-order valence-corrected chi connectivity index (χ0v) is 16.5. The monoisotopic (exact) mass is 370 g/mol. The normalized spacial score (nSPS) is 21.8. The number of hydrogen-bond donors (Lipinski definition) is 1. The third-order valence-corrected chi connectivity index (χ3v) is 5.47. The van der Waals surface area contributed by atoms with Crippen LogP contribution in [0.25, 0.3) is 0 Å². The topological polar surface area (TPSA) is 72.8 Å². The highest BCUT2D eigenvalue weighted by molar-refractivity contribution is 6.04. The van der Waals surface area contributed by atoms with E-state index in [9.17, 15) is 14.7 Å². The zero-order valence-electron chi connectivity index (χ0n) is 16.5. The van der Waals surface area contributed by atoms with E-state index in [1.165, 1.54) is 14.2 Å². The quantitative estimate of drug-likeness (QED) is 0.812. The Bertz CT molecular complexity index is 873. The molecule has 0 amide bonds. The molecule has 3 rings (SSSR count). The number of ketones is 1. The summed E-state index contributed by atoms with van der Waals surface area (Å²) in [6.07, 6.45) is 1.87. The molecule has 0 spiro atoms. The van der Waals surface area contributed by atoms with Crippen LogP contribution in [0.1, 0.15) is 51.5 Å². The second kappa shape index (κ2) is 6.87. The fraction of sp³-hybridized carbons (Fsp3) is 0.455. The van der Waals surface area contributed by atoms with Crippen LogP contribution in [0.5, 0.6) is 11.5 Å². The highest BCUT2D eigenvalue weighted by Crippen LogP contribution is 2.50. The van der Waals surface area contributed by atoms with Crippen LogP contribution in [0.4, 0.5) is 0 Å². The fourth-order valence-corrected chi connectivity index (χ4v) is 4.41. The highest BCUT2D eigenvalue weighted by atomic mass is 16.5. The molecular weight excluding hydrogens is 344 g/mol. The largest absolute Gasteiger partial charge is 0.504 e. The summed E-state index contributed by atoms with van der Waals surface area (Å²) in [5.74, 6) is -0.567. The molecule has 0 aromatic heterocycles. The molecule has 1 aromatic carbocycles. The minimum Gasteiger partial charge on any atom is -0.504 e. The summed E-state index contributed by atoms with van der Waals surface area (Å²) in [6, 6.07) is 5.02. The third kappa shape index (κ3) is 3.38. The molecule has 0 saturated carbocycles. The predicted molar refractivity (Wildman–Crippen MR) is 102 cm³/mol. The van der Waals surface area contributed by atoms with Gasteiger partial charge in [-0.05, 0) is 42.9 Å². The van der Waals surface area contributed by atoms with Crippen molar-refractivity contribution in [2.24, 2.45) is 5.41 Å². The van der Waals surface area contributed by atoms with E-state index in [0.717, 1.165) is 17.6 Å². The molecule has 0 saturated heterocycles. The summed E-state index contributed by atoms with van der Waals surface area (Å²) in [7, 11) is 2.83. The minimum absolute atomic E-state index is 0.0202. The average molecular weight is 370 g/mol. The molecule has 0 fully saturated rings. The number of phenols is 1. The minimum atomic E-state index is -0.526. The van der Waals surface area contributed by atoms with E-state index in [0.29, 0.717) is 35.3 Å². The van der Waals surface area contributed by atoms with Crippen molar-refractivity contribution in [2.75, 3.05) is 14.2 Å². The van der Waals surface area contributed by atoms with E-state index in [1.807, 2.05) is 6.92 Å². The van der Waals surface area contributed by atoms with E-state index >= 15 is 0 Å². The van der Waals surface area contributed by atoms with E-state index in [1.54, 1.807) is 18.2 Å². The lowest BCUT2D eigenvalue weighted by Gasteiger charge is -2.39. The summed E-state index contributed by atoms with van der Waals surface area (Å²) in [4.78, 5) is 25.7. The summed E-state index contributed by atoms with van der Waals surface area (Å²) >= 11 is 0. The standard InChI is InChI=1S/C22H26O5/c1-12-8-14-10-22(2,3)11-16(24)19(14)20(18(12)21(25)27-5)13-6-7-17(26-4)15(23)9-13/h6-7,9,20,23H,8,10-11H2,1-5H3/t20-/m1/s1. The molecule has 0 radical (unpaired) electrons. The van der Waals surface area contributed by atoms with Crippen molar-refractivity contribution in [2.45, 2.75) is 46.0 Å². The summed E-state index contributed by atoms with van der Waals surface area (Å²) in [5, 5.41) is 10.3. The van der Waals surface area contributed by atoms with Gasteiger partial charge >= 0.3 is 5.97 Å². The van der Waals surface area contributed by atoms with Gasteiger partial charge in [0.05, 0.1) is 14.2 Å². The first-order valence-corrected chi connectivity index (χ1v) is 9.08. The average Bonchev–Trinajstić information content (AvgIpc) is 2.58. The number of carbonyl (C=O) groups is 2. The van der Waals surface area contributed by atoms with Gasteiger partial charge < -0.3 is 14.6 Å². The first-order valence-electron chi connectivity index (χ1n) is 9.08. The number of aromatic hydroxyl groups is 1. The van der Waals surface area contributed by atoms with Crippen molar-refractivity contribution in [3.05, 3.63) is 46.1 Å². The van der Waals surface area contributed by atoms with Crippen LogP contribution in [0.15, 0.2) is 40.5 Å². The Labute approximate surface area is 159 Å². The number of hydrogen-bond acceptors (Lipinski definition) is 5. The molecule has 5 heteroatoms. The van der Waals surface area contributed by atoms with Crippen LogP contribution >= 0.6 is 0 Å². The van der Waals surface area contributed by atoms with Crippen LogP contribution in [-0.2, 0) is 14.3 Å². The number of benzene rings is 1. The van der Waals surface area contributed by atoms with Crippen LogP contribution < -0.4 is 4.74 Å². The molecule has 2 aliphatic carbocycles. The molecular formula is C22H26O5. The number of ether oxygens (including phenoxy) is 2. The van der Waals surface area contributed by atoms with Gasteiger partial charge in [-0.2, -0.15) is 0 Å². The molecule has 0 aliphatic heterocycles. The molecule has 2 aliphatic rings. The SMILES string of the molecule is COC(=O)C1=C(C)CC2=C(C(=O)CC(C)(C)C2)[C@@H]1c1ccc(OC)c(O)c1. The van der Waals surface area contributed by atoms with Gasteiger partial charge in [0, 0.05) is 23.5 Å². The summed E-state index contributed by atoms with van der Waals surface area (Å²) in [6.45, 7) is 6.11. The molecule has 144 valence electrons. The molecule has 1 aromatic rings. The Balaban J connectivity index is 2.21. The molecule has 0 bridgehead atoms. The van der Waals surface area contributed by atoms with Crippen LogP contribution in [0, 0.1) is 5.41 Å². The molecule has 1 atom stereocenters. The smallest absolute Gasteiger partial charge is 0.334 e. The lowest BCUT2D eigenvalue weighted by atomic mass is 9.64. The maximum Gasteiger partial charge on any atom is 0.334 e. The third-order valence-electron chi connectivity index (χ3n) is 5.47. The van der Waals surface area contributed by atoms with Crippen LogP contribution in [0.2, 0.25) is 0 Å². The number of methoxy groups -OCH3 is 2. The fourth-order valence-electron chi connectivity index (χ4n) is 4.41. The van der Waals surface area contributed by atoms with E-state index in [2.05, 4.69) is 13.8 Å². The van der Waals surface area contributed by atoms with Crippen LogP contribution in [-0.4, -0.2) is 31.1 Å². The van der Waals surface area contributed by atoms with Crippen molar-refractivity contribution in [3.8, 4) is 11.5 Å². The van der Waals surface area contributed by atoms with Gasteiger partial charge in [0.2, 0.25) is 0 Å². The van der Waals surface area contributed by atoms with E-state index in [-0.39, 0.29) is 16.9 Å². The zero-order chi connectivity index (χ0) is 19.9. The molecule has 27 heavy (non-hydrogen) atoms. The predicted octanol–water partition coefficient (Wildman–Crippen LogP) is 4.06. The number of Topliss-reactive ketones (excluding diaryl/α,β-unsaturated/α-hetero) is 1. The van der Waals surface area contributed by atoms with Gasteiger partial charge in [0.15, 0.2) is 17.3 Å². The Hall–Kier alpha value is -2.56. The first-order chi connectivity index (χ1) is 12.7. The lowest BCUT2D eigenvalue weighted by molar-refractivity contribution is -0.136. The molecule has 1 N–H and O–H groups in total. The number of carbonyl (C=O) groups excluding carboxylic acids is 2. The van der Waals surface area contributed by atoms with Crippen molar-refractivity contribution in [1.29, 1.82) is 0 Å². The molecule has 5 nitrogen and oxygen atoms in total. The second-order valence-electron chi connectivity index (χ2n) is 8.18.